The van der Waals surface area contributed by atoms with E-state index in [9.17, 15) is 9.59 Å². The number of rotatable bonds is 2. The molecule has 0 unspecified atom stereocenters. The lowest BCUT2D eigenvalue weighted by molar-refractivity contribution is -0.143. The van der Waals surface area contributed by atoms with Gasteiger partial charge in [-0.1, -0.05) is 24.3 Å². The van der Waals surface area contributed by atoms with Crippen molar-refractivity contribution in [3.63, 3.8) is 0 Å². The van der Waals surface area contributed by atoms with Crippen LogP contribution in [0.2, 0.25) is 0 Å². The predicted molar refractivity (Wildman–Crippen MR) is 101 cm³/mol. The molecular weight excluding hydrogens is 344 g/mol. The Morgan fingerprint density at radius 3 is 2.78 bits per heavy atom. The van der Waals surface area contributed by atoms with E-state index in [2.05, 4.69) is 16.0 Å². The molecule has 0 amide bonds. The van der Waals surface area contributed by atoms with E-state index in [0.717, 1.165) is 35.1 Å². The number of benzene rings is 1. The summed E-state index contributed by atoms with van der Waals surface area (Å²) in [6.45, 7) is 0.748. The van der Waals surface area contributed by atoms with E-state index in [1.165, 1.54) is 14.2 Å². The van der Waals surface area contributed by atoms with Gasteiger partial charge in [0, 0.05) is 35.4 Å². The second-order valence-corrected chi connectivity index (χ2v) is 6.86. The van der Waals surface area contributed by atoms with Crippen molar-refractivity contribution in [2.75, 3.05) is 20.8 Å². The number of nitrogens with one attached hydrogen (secondary N) is 1. The third-order valence-corrected chi connectivity index (χ3v) is 5.43. The Hall–Kier alpha value is -3.02. The highest BCUT2D eigenvalue weighted by molar-refractivity contribution is 5.92. The molecule has 0 aliphatic carbocycles. The molecule has 0 saturated carbocycles. The summed E-state index contributed by atoms with van der Waals surface area (Å²) in [5.41, 5.74) is 3.63. The number of fused-ring (bicyclic) bond motifs is 4. The van der Waals surface area contributed by atoms with Crippen molar-refractivity contribution in [1.29, 1.82) is 0 Å². The molecule has 0 spiro atoms. The van der Waals surface area contributed by atoms with E-state index < -0.39 is 0 Å². The van der Waals surface area contributed by atoms with Crippen molar-refractivity contribution >= 4 is 22.8 Å². The number of ether oxygens (including phenoxy) is 2. The van der Waals surface area contributed by atoms with Crippen LogP contribution in [0, 0.1) is 0 Å². The fourth-order valence-corrected chi connectivity index (χ4v) is 4.07. The van der Waals surface area contributed by atoms with Gasteiger partial charge in [0.25, 0.3) is 0 Å². The van der Waals surface area contributed by atoms with E-state index >= 15 is 0 Å². The van der Waals surface area contributed by atoms with Crippen LogP contribution in [0.3, 0.4) is 0 Å². The largest absolute Gasteiger partial charge is 0.469 e. The average Bonchev–Trinajstić information content (AvgIpc) is 3.05. The lowest BCUT2D eigenvalue weighted by atomic mass is 9.88. The molecule has 6 nitrogen and oxygen atoms in total. The first-order valence-corrected chi connectivity index (χ1v) is 9.03. The number of H-pyrrole nitrogens is 1. The number of para-hydroxylation sites is 1. The van der Waals surface area contributed by atoms with E-state index in [4.69, 9.17) is 9.47 Å². The second kappa shape index (κ2) is 6.95. The zero-order valence-electron chi connectivity index (χ0n) is 15.4. The van der Waals surface area contributed by atoms with Gasteiger partial charge in [0.2, 0.25) is 0 Å². The molecule has 2 aliphatic rings. The van der Waals surface area contributed by atoms with Crippen LogP contribution in [0.25, 0.3) is 10.9 Å². The van der Waals surface area contributed by atoms with Crippen LogP contribution in [0.5, 0.6) is 0 Å². The molecule has 3 heterocycles. The van der Waals surface area contributed by atoms with Crippen molar-refractivity contribution in [2.24, 2.45) is 0 Å². The van der Waals surface area contributed by atoms with Crippen molar-refractivity contribution in [1.82, 2.24) is 9.88 Å². The number of carbonyl (C=O) groups is 2. The quantitative estimate of drug-likeness (QED) is 0.828. The first-order chi connectivity index (χ1) is 13.1. The van der Waals surface area contributed by atoms with Crippen molar-refractivity contribution in [3.8, 4) is 0 Å². The minimum atomic E-state index is -0.386. The number of carbonyl (C=O) groups excluding carboxylic acids is 2. The first-order valence-electron chi connectivity index (χ1n) is 9.03. The van der Waals surface area contributed by atoms with Crippen LogP contribution < -0.4 is 0 Å². The summed E-state index contributed by atoms with van der Waals surface area (Å²) in [6.07, 6.45) is 6.92. The Labute approximate surface area is 157 Å². The number of methoxy groups -OCH3 is 2. The fraction of sp³-hybridized carbons (Fsp3) is 0.333. The maximum Gasteiger partial charge on any atom is 0.339 e. The topological polar surface area (TPSA) is 71.6 Å². The highest BCUT2D eigenvalue weighted by Crippen LogP contribution is 2.36. The minimum Gasteiger partial charge on any atom is -0.469 e. The average molecular weight is 366 g/mol. The van der Waals surface area contributed by atoms with Crippen molar-refractivity contribution < 1.29 is 19.1 Å². The number of hydrogen-bond acceptors (Lipinski definition) is 5. The molecule has 2 aliphatic heterocycles. The minimum absolute atomic E-state index is 0.0158. The molecule has 4 rings (SSSR count). The zero-order valence-corrected chi connectivity index (χ0v) is 15.4. The molecule has 140 valence electrons. The molecular formula is C21H22N2O4. The molecule has 6 heteroatoms. The zero-order chi connectivity index (χ0) is 19.0. The Morgan fingerprint density at radius 1 is 1.19 bits per heavy atom. The van der Waals surface area contributed by atoms with E-state index in [1.807, 2.05) is 30.5 Å². The summed E-state index contributed by atoms with van der Waals surface area (Å²) < 4.78 is 9.94. The lowest BCUT2D eigenvalue weighted by Crippen LogP contribution is -2.38. The summed E-state index contributed by atoms with van der Waals surface area (Å²) in [6, 6.07) is 8.10. The highest BCUT2D eigenvalue weighted by atomic mass is 16.5. The summed E-state index contributed by atoms with van der Waals surface area (Å²) in [7, 11) is 2.80. The van der Waals surface area contributed by atoms with Gasteiger partial charge in [0.15, 0.2) is 0 Å². The second-order valence-electron chi connectivity index (χ2n) is 6.86. The predicted octanol–water partition coefficient (Wildman–Crippen LogP) is 2.67. The van der Waals surface area contributed by atoms with Crippen LogP contribution in [0.15, 0.2) is 48.2 Å². The van der Waals surface area contributed by atoms with E-state index in [-0.39, 0.29) is 23.9 Å². The van der Waals surface area contributed by atoms with E-state index in [1.54, 1.807) is 6.08 Å². The van der Waals surface area contributed by atoms with Gasteiger partial charge in [-0.25, -0.2) is 4.79 Å². The molecule has 1 aromatic heterocycles. The summed E-state index contributed by atoms with van der Waals surface area (Å²) in [5.74, 6) is -0.993. The summed E-state index contributed by atoms with van der Waals surface area (Å²) in [4.78, 5) is 30.1. The van der Waals surface area contributed by atoms with Gasteiger partial charge in [-0.2, -0.15) is 0 Å². The fourth-order valence-electron chi connectivity index (χ4n) is 4.07. The number of esters is 2. The van der Waals surface area contributed by atoms with Crippen LogP contribution in [-0.2, 0) is 25.5 Å². The third kappa shape index (κ3) is 3.01. The molecule has 0 saturated heterocycles. The molecule has 1 aromatic carbocycles. The van der Waals surface area contributed by atoms with Crippen LogP contribution in [0.1, 0.15) is 23.6 Å². The molecule has 2 aromatic rings. The van der Waals surface area contributed by atoms with Crippen LogP contribution in [-0.4, -0.2) is 48.6 Å². The van der Waals surface area contributed by atoms with Gasteiger partial charge in [0.1, 0.15) is 0 Å². The Morgan fingerprint density at radius 2 is 2.00 bits per heavy atom. The lowest BCUT2D eigenvalue weighted by Gasteiger charge is -2.35. The van der Waals surface area contributed by atoms with Crippen molar-refractivity contribution in [3.05, 3.63) is 59.4 Å². The van der Waals surface area contributed by atoms with Crippen molar-refractivity contribution in [2.45, 2.75) is 24.8 Å². The molecule has 0 fully saturated rings. The maximum atomic E-state index is 12.6. The smallest absolute Gasteiger partial charge is 0.339 e. The molecule has 0 bridgehead atoms. The van der Waals surface area contributed by atoms with Gasteiger partial charge >= 0.3 is 11.9 Å². The van der Waals surface area contributed by atoms with Gasteiger partial charge in [0.05, 0.1) is 25.7 Å². The molecule has 27 heavy (non-hydrogen) atoms. The van der Waals surface area contributed by atoms with Gasteiger partial charge < -0.3 is 19.4 Å². The van der Waals surface area contributed by atoms with Crippen LogP contribution >= 0.6 is 0 Å². The molecule has 2 atom stereocenters. The normalized spacial score (nSPS) is 21.6. The van der Waals surface area contributed by atoms with Gasteiger partial charge in [-0.05, 0) is 30.5 Å². The van der Waals surface area contributed by atoms with Gasteiger partial charge in [-0.3, -0.25) is 4.79 Å². The number of nitrogens with zero attached hydrogens (tertiary/aromatic N) is 1. The Kier molecular flexibility index (Phi) is 4.48. The summed E-state index contributed by atoms with van der Waals surface area (Å²) >= 11 is 0. The third-order valence-electron chi connectivity index (χ3n) is 5.43. The molecule has 0 radical (unpaired) electrons. The van der Waals surface area contributed by atoms with Crippen LogP contribution in [0.4, 0.5) is 0 Å². The summed E-state index contributed by atoms with van der Waals surface area (Å²) in [5, 5.41) is 1.13. The SMILES string of the molecule is COC(=O)C1=CN2CCc3c([nH]c4ccccc34)[C@@H](C(=O)OC)C[C@H]2C=C1. The van der Waals surface area contributed by atoms with Gasteiger partial charge in [-0.15, -0.1) is 0 Å². The Balaban J connectivity index is 1.77. The monoisotopic (exact) mass is 366 g/mol. The number of aromatic nitrogens is 1. The maximum absolute atomic E-state index is 12.6. The number of hydrogen-bond donors (Lipinski definition) is 1. The first kappa shape index (κ1) is 17.4. The molecule has 1 N–H and O–H groups in total. The standard InChI is InChI=1S/C21H22N2O4/c1-26-20(24)13-7-8-14-11-17(21(25)27-2)19-16(9-10-23(14)12-13)15-5-3-4-6-18(15)22-19/h3-8,12,14,17,22H,9-11H2,1-2H3/t14-,17+/m1/s1. The van der Waals surface area contributed by atoms with E-state index in [0.29, 0.717) is 12.0 Å². The number of aromatic amines is 1. The Bertz CT molecular complexity index is 956. The highest BCUT2D eigenvalue weighted by Gasteiger charge is 2.34.